The topological polar surface area (TPSA) is 127 Å². The van der Waals surface area contributed by atoms with Crippen molar-refractivity contribution in [3.8, 4) is 5.75 Å². The molecule has 24 heavy (non-hydrogen) atoms. The number of non-ortho nitro benzene ring substituents is 1. The number of H-pyrrole nitrogens is 1. The standard InChI is InChI=1S/C15H11N3O6/c19-14(8-23-11-4-2-10(3-5-11)18(21)22)16-9-1-6-13-12(7-9)17-15(20)24-13/h1-7H,8H2,(H,16,19)(H,17,20). The number of nitrogens with zero attached hydrogens (tertiary/aromatic N) is 1. The fraction of sp³-hybridized carbons (Fsp3) is 0.0667. The zero-order valence-corrected chi connectivity index (χ0v) is 12.1. The van der Waals surface area contributed by atoms with Crippen molar-refractivity contribution in [2.75, 3.05) is 11.9 Å². The number of nitrogens with one attached hydrogen (secondary N) is 2. The lowest BCUT2D eigenvalue weighted by Gasteiger charge is -2.07. The maximum atomic E-state index is 11.9. The van der Waals surface area contributed by atoms with Gasteiger partial charge in [-0.3, -0.25) is 19.9 Å². The van der Waals surface area contributed by atoms with Gasteiger partial charge in [-0.05, 0) is 30.3 Å². The lowest BCUT2D eigenvalue weighted by molar-refractivity contribution is -0.384. The molecule has 1 heterocycles. The lowest BCUT2D eigenvalue weighted by atomic mass is 10.3. The number of ether oxygens (including phenoxy) is 1. The van der Waals surface area contributed by atoms with E-state index in [0.717, 1.165) is 0 Å². The molecule has 0 atom stereocenters. The van der Waals surface area contributed by atoms with Crippen LogP contribution < -0.4 is 15.8 Å². The Hall–Kier alpha value is -3.62. The second-order valence-electron chi connectivity index (χ2n) is 4.81. The van der Waals surface area contributed by atoms with Gasteiger partial charge in [-0.2, -0.15) is 0 Å². The molecule has 122 valence electrons. The van der Waals surface area contributed by atoms with Crippen molar-refractivity contribution in [1.29, 1.82) is 0 Å². The van der Waals surface area contributed by atoms with E-state index in [9.17, 15) is 19.7 Å². The third-order valence-corrected chi connectivity index (χ3v) is 3.12. The van der Waals surface area contributed by atoms with Gasteiger partial charge in [0.1, 0.15) is 5.75 Å². The van der Waals surface area contributed by atoms with Crippen LogP contribution in [0.2, 0.25) is 0 Å². The number of rotatable bonds is 5. The number of benzene rings is 2. The Morgan fingerprint density at radius 1 is 1.25 bits per heavy atom. The minimum absolute atomic E-state index is 0.0609. The zero-order valence-electron chi connectivity index (χ0n) is 12.1. The molecule has 0 fully saturated rings. The van der Waals surface area contributed by atoms with Crippen molar-refractivity contribution >= 4 is 28.4 Å². The van der Waals surface area contributed by atoms with Crippen LogP contribution in [-0.4, -0.2) is 22.4 Å². The van der Waals surface area contributed by atoms with Crippen LogP contribution in [0.4, 0.5) is 11.4 Å². The van der Waals surface area contributed by atoms with Crippen LogP contribution in [0.15, 0.2) is 51.7 Å². The monoisotopic (exact) mass is 329 g/mol. The second-order valence-corrected chi connectivity index (χ2v) is 4.81. The Labute approximate surface area is 134 Å². The summed E-state index contributed by atoms with van der Waals surface area (Å²) >= 11 is 0. The number of carbonyl (C=O) groups is 1. The first-order valence-electron chi connectivity index (χ1n) is 6.81. The zero-order chi connectivity index (χ0) is 17.1. The summed E-state index contributed by atoms with van der Waals surface area (Å²) in [6, 6.07) is 10.1. The van der Waals surface area contributed by atoms with Gasteiger partial charge in [0.2, 0.25) is 0 Å². The molecule has 0 radical (unpaired) electrons. The van der Waals surface area contributed by atoms with Crippen molar-refractivity contribution in [3.05, 3.63) is 63.1 Å². The molecule has 9 heteroatoms. The van der Waals surface area contributed by atoms with Crippen LogP contribution in [0.3, 0.4) is 0 Å². The van der Waals surface area contributed by atoms with Crippen LogP contribution in [0.5, 0.6) is 5.75 Å². The summed E-state index contributed by atoms with van der Waals surface area (Å²) in [4.78, 5) is 35.5. The Morgan fingerprint density at radius 2 is 2.00 bits per heavy atom. The number of aromatic amines is 1. The average Bonchev–Trinajstić information content (AvgIpc) is 2.92. The molecule has 0 unspecified atom stereocenters. The van der Waals surface area contributed by atoms with Crippen molar-refractivity contribution in [3.63, 3.8) is 0 Å². The highest BCUT2D eigenvalue weighted by Gasteiger charge is 2.08. The Kier molecular flexibility index (Phi) is 3.98. The van der Waals surface area contributed by atoms with E-state index in [2.05, 4.69) is 10.3 Å². The molecular weight excluding hydrogens is 318 g/mol. The second kappa shape index (κ2) is 6.24. The Balaban J connectivity index is 1.60. The number of fused-ring (bicyclic) bond motifs is 1. The maximum absolute atomic E-state index is 11.9. The van der Waals surface area contributed by atoms with Crippen molar-refractivity contribution in [2.45, 2.75) is 0 Å². The van der Waals surface area contributed by atoms with E-state index in [1.54, 1.807) is 18.2 Å². The van der Waals surface area contributed by atoms with Crippen LogP contribution in [0.25, 0.3) is 11.1 Å². The molecule has 0 spiro atoms. The molecule has 0 saturated heterocycles. The van der Waals surface area contributed by atoms with Crippen LogP contribution in [0, 0.1) is 10.1 Å². The van der Waals surface area contributed by atoms with Gasteiger partial charge in [0.05, 0.1) is 10.4 Å². The molecule has 0 aliphatic heterocycles. The number of anilines is 1. The smallest absolute Gasteiger partial charge is 0.417 e. The predicted octanol–water partition coefficient (Wildman–Crippen LogP) is 2.05. The summed E-state index contributed by atoms with van der Waals surface area (Å²) in [7, 11) is 0. The average molecular weight is 329 g/mol. The Bertz CT molecular complexity index is 957. The van der Waals surface area contributed by atoms with Crippen LogP contribution in [-0.2, 0) is 4.79 Å². The third kappa shape index (κ3) is 3.40. The third-order valence-electron chi connectivity index (χ3n) is 3.12. The first kappa shape index (κ1) is 15.3. The molecular formula is C15H11N3O6. The molecule has 2 aromatic carbocycles. The number of nitro groups is 1. The first-order valence-corrected chi connectivity index (χ1v) is 6.81. The number of aromatic nitrogens is 1. The summed E-state index contributed by atoms with van der Waals surface area (Å²) in [5.41, 5.74) is 1.26. The molecule has 3 rings (SSSR count). The van der Waals surface area contributed by atoms with E-state index >= 15 is 0 Å². The quantitative estimate of drug-likeness (QED) is 0.544. The maximum Gasteiger partial charge on any atom is 0.417 e. The number of oxazole rings is 1. The van der Waals surface area contributed by atoms with Gasteiger partial charge in [-0.25, -0.2) is 4.79 Å². The SMILES string of the molecule is O=C(COc1ccc([N+](=O)[O-])cc1)Nc1ccc2oc(=O)[nH]c2c1. The summed E-state index contributed by atoms with van der Waals surface area (Å²) < 4.78 is 10.1. The minimum atomic E-state index is -0.574. The Morgan fingerprint density at radius 3 is 2.71 bits per heavy atom. The number of amides is 1. The summed E-state index contributed by atoms with van der Waals surface area (Å²) in [5, 5.41) is 13.2. The molecule has 0 aliphatic carbocycles. The van der Waals surface area contributed by atoms with Crippen molar-refractivity contribution < 1.29 is 18.9 Å². The van der Waals surface area contributed by atoms with E-state index in [0.29, 0.717) is 22.5 Å². The number of nitro benzene ring substituents is 1. The lowest BCUT2D eigenvalue weighted by Crippen LogP contribution is -2.20. The highest BCUT2D eigenvalue weighted by atomic mass is 16.6. The molecule has 1 amide bonds. The van der Waals surface area contributed by atoms with E-state index in [-0.39, 0.29) is 12.3 Å². The molecule has 0 saturated carbocycles. The summed E-state index contributed by atoms with van der Waals surface area (Å²) in [6.07, 6.45) is 0. The van der Waals surface area contributed by atoms with Crippen LogP contribution >= 0.6 is 0 Å². The molecule has 0 bridgehead atoms. The van der Waals surface area contributed by atoms with E-state index < -0.39 is 16.6 Å². The predicted molar refractivity (Wildman–Crippen MR) is 84.1 cm³/mol. The van der Waals surface area contributed by atoms with Gasteiger partial charge < -0.3 is 14.5 Å². The van der Waals surface area contributed by atoms with Crippen molar-refractivity contribution in [2.24, 2.45) is 0 Å². The van der Waals surface area contributed by atoms with Crippen molar-refractivity contribution in [1.82, 2.24) is 4.98 Å². The summed E-state index contributed by atoms with van der Waals surface area (Å²) in [5.74, 6) is -0.654. The van der Waals surface area contributed by atoms with Gasteiger partial charge >= 0.3 is 5.76 Å². The highest BCUT2D eigenvalue weighted by molar-refractivity contribution is 5.93. The van der Waals surface area contributed by atoms with Crippen LogP contribution in [0.1, 0.15) is 0 Å². The molecule has 2 N–H and O–H groups in total. The number of hydrogen-bond donors (Lipinski definition) is 2. The van der Waals surface area contributed by atoms with Gasteiger partial charge in [0, 0.05) is 17.8 Å². The molecule has 9 nitrogen and oxygen atoms in total. The largest absolute Gasteiger partial charge is 0.484 e. The number of hydrogen-bond acceptors (Lipinski definition) is 6. The van der Waals surface area contributed by atoms with E-state index in [1.165, 1.54) is 24.3 Å². The first-order chi connectivity index (χ1) is 11.5. The fourth-order valence-electron chi connectivity index (χ4n) is 2.04. The highest BCUT2D eigenvalue weighted by Crippen LogP contribution is 2.18. The van der Waals surface area contributed by atoms with Gasteiger partial charge in [0.25, 0.3) is 11.6 Å². The molecule has 1 aromatic heterocycles. The molecule has 0 aliphatic rings. The van der Waals surface area contributed by atoms with Gasteiger partial charge in [-0.15, -0.1) is 0 Å². The molecule has 3 aromatic rings. The van der Waals surface area contributed by atoms with Gasteiger partial charge in [0.15, 0.2) is 12.2 Å². The van der Waals surface area contributed by atoms with Gasteiger partial charge in [-0.1, -0.05) is 0 Å². The fourth-order valence-corrected chi connectivity index (χ4v) is 2.04. The number of carbonyl (C=O) groups excluding carboxylic acids is 1. The normalized spacial score (nSPS) is 10.5. The minimum Gasteiger partial charge on any atom is -0.484 e. The van der Waals surface area contributed by atoms with E-state index in [4.69, 9.17) is 9.15 Å². The van der Waals surface area contributed by atoms with E-state index in [1.807, 2.05) is 0 Å². The summed E-state index contributed by atoms with van der Waals surface area (Å²) in [6.45, 7) is -0.266.